The molecule has 0 spiro atoms. The van der Waals surface area contributed by atoms with Crippen molar-refractivity contribution in [1.29, 1.82) is 0 Å². The summed E-state index contributed by atoms with van der Waals surface area (Å²) in [6.07, 6.45) is 0. The standard InChI is InChI=1S/C16H17N3OS/c1-16(2,3)10-6-4-9(5-7-10)12-8-11-13(21-12)14(20)19-15(17)18-11/h4-8H,1-3H3,(H3,17,18,19,20). The van der Waals surface area contributed by atoms with Gasteiger partial charge in [-0.15, -0.1) is 11.3 Å². The van der Waals surface area contributed by atoms with Crippen molar-refractivity contribution in [3.05, 3.63) is 46.2 Å². The maximum atomic E-state index is 11.9. The van der Waals surface area contributed by atoms with Crippen molar-refractivity contribution >= 4 is 27.5 Å². The van der Waals surface area contributed by atoms with Gasteiger partial charge in [0.05, 0.1) is 5.52 Å². The summed E-state index contributed by atoms with van der Waals surface area (Å²) in [6.45, 7) is 6.56. The lowest BCUT2D eigenvalue weighted by atomic mass is 9.86. The van der Waals surface area contributed by atoms with Gasteiger partial charge in [-0.1, -0.05) is 45.0 Å². The molecule has 3 aromatic rings. The first-order valence-electron chi connectivity index (χ1n) is 6.75. The Labute approximate surface area is 126 Å². The number of hydrogen-bond acceptors (Lipinski definition) is 4. The molecule has 0 aliphatic rings. The first kappa shape index (κ1) is 13.8. The quantitative estimate of drug-likeness (QED) is 0.722. The number of aromatic nitrogens is 2. The average Bonchev–Trinajstić information content (AvgIpc) is 2.82. The third-order valence-corrected chi connectivity index (χ3v) is 4.61. The number of nitrogen functional groups attached to an aromatic ring is 1. The van der Waals surface area contributed by atoms with Crippen LogP contribution in [0.4, 0.5) is 5.95 Å². The van der Waals surface area contributed by atoms with Crippen LogP contribution in [0.1, 0.15) is 26.3 Å². The summed E-state index contributed by atoms with van der Waals surface area (Å²) in [7, 11) is 0. The summed E-state index contributed by atoms with van der Waals surface area (Å²) in [6, 6.07) is 10.3. The van der Waals surface area contributed by atoms with Gasteiger partial charge in [0, 0.05) is 4.88 Å². The van der Waals surface area contributed by atoms with E-state index in [1.54, 1.807) is 0 Å². The van der Waals surface area contributed by atoms with Crippen LogP contribution in [-0.4, -0.2) is 9.97 Å². The number of nitrogens with zero attached hydrogens (tertiary/aromatic N) is 1. The summed E-state index contributed by atoms with van der Waals surface area (Å²) in [5, 5.41) is 0. The van der Waals surface area contributed by atoms with Crippen molar-refractivity contribution in [1.82, 2.24) is 9.97 Å². The van der Waals surface area contributed by atoms with Crippen molar-refractivity contribution in [2.45, 2.75) is 26.2 Å². The molecular formula is C16H17N3OS. The van der Waals surface area contributed by atoms with E-state index >= 15 is 0 Å². The molecular weight excluding hydrogens is 282 g/mol. The molecule has 3 N–H and O–H groups in total. The zero-order valence-electron chi connectivity index (χ0n) is 12.2. The van der Waals surface area contributed by atoms with Gasteiger partial charge in [-0.3, -0.25) is 9.78 Å². The van der Waals surface area contributed by atoms with Gasteiger partial charge < -0.3 is 5.73 Å². The van der Waals surface area contributed by atoms with E-state index in [-0.39, 0.29) is 16.9 Å². The molecule has 0 atom stereocenters. The van der Waals surface area contributed by atoms with Crippen molar-refractivity contribution < 1.29 is 0 Å². The van der Waals surface area contributed by atoms with Crippen LogP contribution in [0.3, 0.4) is 0 Å². The summed E-state index contributed by atoms with van der Waals surface area (Å²) in [4.78, 5) is 19.6. The normalized spacial score (nSPS) is 12.0. The zero-order chi connectivity index (χ0) is 15.2. The Morgan fingerprint density at radius 1 is 1.19 bits per heavy atom. The first-order valence-corrected chi connectivity index (χ1v) is 7.56. The van der Waals surface area contributed by atoms with Crippen molar-refractivity contribution in [3.8, 4) is 10.4 Å². The van der Waals surface area contributed by atoms with E-state index in [0.29, 0.717) is 10.2 Å². The van der Waals surface area contributed by atoms with E-state index in [2.05, 4.69) is 55.0 Å². The molecule has 0 aliphatic carbocycles. The monoisotopic (exact) mass is 299 g/mol. The Morgan fingerprint density at radius 3 is 2.48 bits per heavy atom. The van der Waals surface area contributed by atoms with Crippen LogP contribution in [0.25, 0.3) is 20.7 Å². The Hall–Kier alpha value is -2.14. The first-order chi connectivity index (χ1) is 9.84. The fraction of sp³-hybridized carbons (Fsp3) is 0.250. The largest absolute Gasteiger partial charge is 0.369 e. The molecule has 0 saturated heterocycles. The Kier molecular flexibility index (Phi) is 3.10. The van der Waals surface area contributed by atoms with Gasteiger partial charge in [-0.25, -0.2) is 4.98 Å². The highest BCUT2D eigenvalue weighted by Crippen LogP contribution is 2.32. The molecule has 1 aromatic carbocycles. The lowest BCUT2D eigenvalue weighted by Crippen LogP contribution is -2.10. The maximum Gasteiger partial charge on any atom is 0.270 e. The number of H-pyrrole nitrogens is 1. The molecule has 2 heterocycles. The van der Waals surface area contributed by atoms with Gasteiger partial charge in [0.1, 0.15) is 4.70 Å². The van der Waals surface area contributed by atoms with Crippen LogP contribution in [-0.2, 0) is 5.41 Å². The maximum absolute atomic E-state index is 11.9. The molecule has 21 heavy (non-hydrogen) atoms. The number of nitrogens with one attached hydrogen (secondary N) is 1. The SMILES string of the molecule is CC(C)(C)c1ccc(-c2cc3nc(N)[nH]c(=O)c3s2)cc1. The fourth-order valence-corrected chi connectivity index (χ4v) is 3.23. The van der Waals surface area contributed by atoms with Gasteiger partial charge in [0.25, 0.3) is 5.56 Å². The Bertz CT molecular complexity index is 854. The van der Waals surface area contributed by atoms with E-state index in [1.807, 2.05) is 6.07 Å². The molecule has 0 unspecified atom stereocenters. The second kappa shape index (κ2) is 4.70. The number of benzene rings is 1. The summed E-state index contributed by atoms with van der Waals surface area (Å²) in [5.41, 5.74) is 8.55. The van der Waals surface area contributed by atoms with Crippen LogP contribution in [0.5, 0.6) is 0 Å². The molecule has 108 valence electrons. The van der Waals surface area contributed by atoms with Gasteiger partial charge in [0.2, 0.25) is 5.95 Å². The minimum absolute atomic E-state index is 0.131. The number of hydrogen-bond donors (Lipinski definition) is 2. The molecule has 0 fully saturated rings. The molecule has 4 nitrogen and oxygen atoms in total. The highest BCUT2D eigenvalue weighted by atomic mass is 32.1. The van der Waals surface area contributed by atoms with Crippen LogP contribution in [0.2, 0.25) is 0 Å². The minimum atomic E-state index is -0.180. The zero-order valence-corrected chi connectivity index (χ0v) is 13.0. The topological polar surface area (TPSA) is 71.8 Å². The van der Waals surface area contributed by atoms with Gasteiger partial charge in [0.15, 0.2) is 0 Å². The molecule has 3 rings (SSSR count). The van der Waals surface area contributed by atoms with E-state index in [9.17, 15) is 4.79 Å². The average molecular weight is 299 g/mol. The predicted molar refractivity (Wildman–Crippen MR) is 88.8 cm³/mol. The second-order valence-corrected chi connectivity index (χ2v) is 7.16. The van der Waals surface area contributed by atoms with Gasteiger partial charge in [-0.05, 0) is 22.6 Å². The third kappa shape index (κ3) is 2.56. The number of thiophene rings is 1. The molecule has 0 radical (unpaired) electrons. The Morgan fingerprint density at radius 2 is 1.86 bits per heavy atom. The molecule has 0 saturated carbocycles. The minimum Gasteiger partial charge on any atom is -0.369 e. The van der Waals surface area contributed by atoms with Gasteiger partial charge in [-0.2, -0.15) is 0 Å². The molecule has 2 aromatic heterocycles. The highest BCUT2D eigenvalue weighted by Gasteiger charge is 2.14. The van der Waals surface area contributed by atoms with Crippen molar-refractivity contribution in [2.75, 3.05) is 5.73 Å². The van der Waals surface area contributed by atoms with Crippen LogP contribution in [0, 0.1) is 0 Å². The number of fused-ring (bicyclic) bond motifs is 1. The number of aromatic amines is 1. The summed E-state index contributed by atoms with van der Waals surface area (Å²) >= 11 is 1.44. The Balaban J connectivity index is 2.08. The van der Waals surface area contributed by atoms with Crippen LogP contribution >= 0.6 is 11.3 Å². The van der Waals surface area contributed by atoms with E-state index in [0.717, 1.165) is 10.4 Å². The number of nitrogens with two attached hydrogens (primary N) is 1. The van der Waals surface area contributed by atoms with E-state index < -0.39 is 0 Å². The van der Waals surface area contributed by atoms with Crippen LogP contribution in [0.15, 0.2) is 35.1 Å². The smallest absolute Gasteiger partial charge is 0.270 e. The molecule has 0 amide bonds. The number of anilines is 1. The van der Waals surface area contributed by atoms with Crippen molar-refractivity contribution in [2.24, 2.45) is 0 Å². The summed E-state index contributed by atoms with van der Waals surface area (Å²) in [5.74, 6) is 0.153. The second-order valence-electron chi connectivity index (χ2n) is 6.10. The summed E-state index contributed by atoms with van der Waals surface area (Å²) < 4.78 is 0.610. The van der Waals surface area contributed by atoms with E-state index in [4.69, 9.17) is 5.73 Å². The highest BCUT2D eigenvalue weighted by molar-refractivity contribution is 7.22. The van der Waals surface area contributed by atoms with Crippen LogP contribution < -0.4 is 11.3 Å². The van der Waals surface area contributed by atoms with Crippen molar-refractivity contribution in [3.63, 3.8) is 0 Å². The molecule has 5 heteroatoms. The molecule has 0 bridgehead atoms. The molecule has 0 aliphatic heterocycles. The van der Waals surface area contributed by atoms with Gasteiger partial charge >= 0.3 is 0 Å². The fourth-order valence-electron chi connectivity index (χ4n) is 2.23. The third-order valence-electron chi connectivity index (χ3n) is 3.44. The van der Waals surface area contributed by atoms with E-state index in [1.165, 1.54) is 16.9 Å². The predicted octanol–water partition coefficient (Wildman–Crippen LogP) is 3.53. The lowest BCUT2D eigenvalue weighted by Gasteiger charge is -2.18. The lowest BCUT2D eigenvalue weighted by molar-refractivity contribution is 0.590. The number of rotatable bonds is 1.